The SMILES string of the molecule is CCc1cccc(NC(=O)c2cc(S(=O)(=O)Nc3ccc(F)cc3)ccc2Cl)c1. The smallest absolute Gasteiger partial charge is 0.261 e. The highest BCUT2D eigenvalue weighted by atomic mass is 35.5. The molecule has 0 aliphatic carbocycles. The number of carbonyl (C=O) groups is 1. The minimum Gasteiger partial charge on any atom is -0.322 e. The summed E-state index contributed by atoms with van der Waals surface area (Å²) in [6.07, 6.45) is 0.813. The lowest BCUT2D eigenvalue weighted by atomic mass is 10.1. The Hall–Kier alpha value is -2.90. The summed E-state index contributed by atoms with van der Waals surface area (Å²) < 4.78 is 40.6. The molecule has 29 heavy (non-hydrogen) atoms. The Kier molecular flexibility index (Phi) is 6.20. The number of anilines is 2. The first-order valence-corrected chi connectivity index (χ1v) is 10.6. The first-order chi connectivity index (χ1) is 13.8. The van der Waals surface area contributed by atoms with Crippen molar-refractivity contribution in [2.75, 3.05) is 10.0 Å². The zero-order valence-corrected chi connectivity index (χ0v) is 17.0. The van der Waals surface area contributed by atoms with E-state index < -0.39 is 21.7 Å². The van der Waals surface area contributed by atoms with Gasteiger partial charge >= 0.3 is 0 Å². The van der Waals surface area contributed by atoms with E-state index in [0.29, 0.717) is 5.69 Å². The number of benzene rings is 3. The van der Waals surface area contributed by atoms with Crippen LogP contribution in [0.3, 0.4) is 0 Å². The van der Waals surface area contributed by atoms with Crippen molar-refractivity contribution in [3.05, 3.63) is 88.7 Å². The predicted molar refractivity (Wildman–Crippen MR) is 112 cm³/mol. The van der Waals surface area contributed by atoms with Gasteiger partial charge in [0.2, 0.25) is 0 Å². The van der Waals surface area contributed by atoms with Crippen molar-refractivity contribution in [1.82, 2.24) is 0 Å². The summed E-state index contributed by atoms with van der Waals surface area (Å²) in [5.41, 5.74) is 1.86. The molecule has 150 valence electrons. The topological polar surface area (TPSA) is 75.3 Å². The number of nitrogens with one attached hydrogen (secondary N) is 2. The van der Waals surface area contributed by atoms with Gasteiger partial charge in [-0.15, -0.1) is 0 Å². The number of hydrogen-bond donors (Lipinski definition) is 2. The summed E-state index contributed by atoms with van der Waals surface area (Å²) in [6.45, 7) is 2.00. The maximum atomic E-state index is 13.0. The van der Waals surface area contributed by atoms with Crippen molar-refractivity contribution in [3.8, 4) is 0 Å². The summed E-state index contributed by atoms with van der Waals surface area (Å²) in [4.78, 5) is 12.5. The van der Waals surface area contributed by atoms with Crippen LogP contribution in [0.1, 0.15) is 22.8 Å². The van der Waals surface area contributed by atoms with Gasteiger partial charge < -0.3 is 5.32 Å². The Morgan fingerprint density at radius 1 is 1.00 bits per heavy atom. The molecule has 0 aromatic heterocycles. The minimum atomic E-state index is -3.99. The van der Waals surface area contributed by atoms with Crippen LogP contribution in [0.2, 0.25) is 5.02 Å². The van der Waals surface area contributed by atoms with E-state index in [4.69, 9.17) is 11.6 Å². The first kappa shape index (κ1) is 20.8. The van der Waals surface area contributed by atoms with Crippen LogP contribution in [-0.4, -0.2) is 14.3 Å². The number of hydrogen-bond acceptors (Lipinski definition) is 3. The van der Waals surface area contributed by atoms with E-state index in [1.54, 1.807) is 6.07 Å². The van der Waals surface area contributed by atoms with Crippen molar-refractivity contribution in [2.45, 2.75) is 18.2 Å². The second-order valence-electron chi connectivity index (χ2n) is 6.26. The molecule has 1 amide bonds. The molecule has 3 rings (SSSR count). The lowest BCUT2D eigenvalue weighted by Crippen LogP contribution is -2.16. The molecular weight excluding hydrogens is 415 g/mol. The molecule has 2 N–H and O–H groups in total. The highest BCUT2D eigenvalue weighted by Crippen LogP contribution is 2.24. The third kappa shape index (κ3) is 5.13. The normalized spacial score (nSPS) is 11.1. The fraction of sp³-hybridized carbons (Fsp3) is 0.0952. The molecule has 0 saturated heterocycles. The molecule has 0 atom stereocenters. The van der Waals surface area contributed by atoms with Crippen LogP contribution in [0.5, 0.6) is 0 Å². The number of halogens is 2. The standard InChI is InChI=1S/C21H18ClFN2O3S/c1-2-14-4-3-5-17(12-14)24-21(26)19-13-18(10-11-20(19)22)29(27,28)25-16-8-6-15(23)7-9-16/h3-13,25H,2H2,1H3,(H,24,26). The largest absolute Gasteiger partial charge is 0.322 e. The molecule has 0 spiro atoms. The van der Waals surface area contributed by atoms with Crippen molar-refractivity contribution in [2.24, 2.45) is 0 Å². The van der Waals surface area contributed by atoms with E-state index >= 15 is 0 Å². The molecule has 0 unspecified atom stereocenters. The van der Waals surface area contributed by atoms with Crippen molar-refractivity contribution in [3.63, 3.8) is 0 Å². The molecule has 8 heteroatoms. The summed E-state index contributed by atoms with van der Waals surface area (Å²) in [6, 6.07) is 16.1. The maximum absolute atomic E-state index is 13.0. The van der Waals surface area contributed by atoms with Crippen LogP contribution in [0.4, 0.5) is 15.8 Å². The third-order valence-corrected chi connectivity index (χ3v) is 5.89. The number of sulfonamides is 1. The summed E-state index contributed by atoms with van der Waals surface area (Å²) >= 11 is 6.13. The average Bonchev–Trinajstić information content (AvgIpc) is 2.69. The predicted octanol–water partition coefficient (Wildman–Crippen LogP) is 5.09. The Morgan fingerprint density at radius 3 is 2.41 bits per heavy atom. The van der Waals surface area contributed by atoms with Gasteiger partial charge in [-0.2, -0.15) is 0 Å². The highest BCUT2D eigenvalue weighted by molar-refractivity contribution is 7.92. The van der Waals surface area contributed by atoms with E-state index in [0.717, 1.165) is 24.1 Å². The van der Waals surface area contributed by atoms with Gasteiger partial charge in [0, 0.05) is 11.4 Å². The summed E-state index contributed by atoms with van der Waals surface area (Å²) in [5.74, 6) is -1.01. The molecule has 3 aromatic rings. The molecule has 5 nitrogen and oxygen atoms in total. The fourth-order valence-electron chi connectivity index (χ4n) is 2.64. The van der Waals surface area contributed by atoms with Gasteiger partial charge in [-0.25, -0.2) is 12.8 Å². The Labute approximate surface area is 173 Å². The Balaban J connectivity index is 1.86. The van der Waals surface area contributed by atoms with Crippen LogP contribution >= 0.6 is 11.6 Å². The average molecular weight is 433 g/mol. The molecule has 0 heterocycles. The van der Waals surface area contributed by atoms with Crippen LogP contribution in [0.15, 0.2) is 71.6 Å². The highest BCUT2D eigenvalue weighted by Gasteiger charge is 2.19. The summed E-state index contributed by atoms with van der Waals surface area (Å²) in [7, 11) is -3.99. The minimum absolute atomic E-state index is 0.0237. The Bertz CT molecular complexity index is 1150. The molecule has 0 bridgehead atoms. The maximum Gasteiger partial charge on any atom is 0.261 e. The van der Waals surface area contributed by atoms with Gasteiger partial charge in [0.15, 0.2) is 0 Å². The fourth-order valence-corrected chi connectivity index (χ4v) is 3.93. The van der Waals surface area contributed by atoms with E-state index in [-0.39, 0.29) is 21.2 Å². The van der Waals surface area contributed by atoms with Gasteiger partial charge in [-0.3, -0.25) is 9.52 Å². The van der Waals surface area contributed by atoms with E-state index in [2.05, 4.69) is 10.0 Å². The molecule has 0 radical (unpaired) electrons. The quantitative estimate of drug-likeness (QED) is 0.569. The number of rotatable bonds is 6. The summed E-state index contributed by atoms with van der Waals surface area (Å²) in [5, 5.41) is 2.85. The van der Waals surface area contributed by atoms with Crippen LogP contribution in [-0.2, 0) is 16.4 Å². The molecule has 0 aliphatic heterocycles. The second kappa shape index (κ2) is 8.63. The van der Waals surface area contributed by atoms with Crippen LogP contribution in [0, 0.1) is 5.82 Å². The molecule has 0 saturated carbocycles. The number of amides is 1. The zero-order valence-electron chi connectivity index (χ0n) is 15.4. The van der Waals surface area contributed by atoms with Gasteiger partial charge in [-0.1, -0.05) is 30.7 Å². The lowest BCUT2D eigenvalue weighted by molar-refractivity contribution is 0.102. The molecular formula is C21H18ClFN2O3S. The van der Waals surface area contributed by atoms with Gasteiger partial charge in [0.1, 0.15) is 5.82 Å². The number of carbonyl (C=O) groups excluding carboxylic acids is 1. The lowest BCUT2D eigenvalue weighted by Gasteiger charge is -2.11. The third-order valence-electron chi connectivity index (χ3n) is 4.18. The van der Waals surface area contributed by atoms with E-state index in [1.165, 1.54) is 30.3 Å². The van der Waals surface area contributed by atoms with Gasteiger partial charge in [0.05, 0.1) is 15.5 Å². The van der Waals surface area contributed by atoms with Crippen molar-refractivity contribution >= 4 is 38.9 Å². The van der Waals surface area contributed by atoms with Crippen LogP contribution < -0.4 is 10.0 Å². The van der Waals surface area contributed by atoms with Gasteiger partial charge in [0.25, 0.3) is 15.9 Å². The first-order valence-electron chi connectivity index (χ1n) is 8.77. The van der Waals surface area contributed by atoms with E-state index in [1.807, 2.05) is 25.1 Å². The molecule has 0 aliphatic rings. The van der Waals surface area contributed by atoms with Crippen molar-refractivity contribution < 1.29 is 17.6 Å². The Morgan fingerprint density at radius 2 is 1.72 bits per heavy atom. The molecule has 0 fully saturated rings. The molecule has 3 aromatic carbocycles. The zero-order chi connectivity index (χ0) is 21.0. The van der Waals surface area contributed by atoms with E-state index in [9.17, 15) is 17.6 Å². The van der Waals surface area contributed by atoms with Crippen molar-refractivity contribution in [1.29, 1.82) is 0 Å². The second-order valence-corrected chi connectivity index (χ2v) is 8.35. The van der Waals surface area contributed by atoms with Gasteiger partial charge in [-0.05, 0) is 66.6 Å². The number of aryl methyl sites for hydroxylation is 1. The van der Waals surface area contributed by atoms with Crippen LogP contribution in [0.25, 0.3) is 0 Å². The monoisotopic (exact) mass is 432 g/mol.